The van der Waals surface area contributed by atoms with Gasteiger partial charge in [-0.1, -0.05) is 0 Å². The largest absolute Gasteiger partial charge is 0.314 e. The molecule has 0 aliphatic carbocycles. The van der Waals surface area contributed by atoms with Crippen molar-refractivity contribution in [1.29, 1.82) is 0 Å². The molecule has 0 spiro atoms. The molecule has 2 heterocycles. The van der Waals surface area contributed by atoms with Crippen LogP contribution in [0.1, 0.15) is 32.1 Å². The molecule has 2 atom stereocenters. The lowest BCUT2D eigenvalue weighted by atomic mass is 9.96. The van der Waals surface area contributed by atoms with Crippen LogP contribution in [0.25, 0.3) is 0 Å². The molecule has 2 fully saturated rings. The Bertz CT molecular complexity index is 280. The van der Waals surface area contributed by atoms with E-state index in [4.69, 9.17) is 0 Å². The van der Waals surface area contributed by atoms with Gasteiger partial charge >= 0.3 is 0 Å². The van der Waals surface area contributed by atoms with E-state index in [9.17, 15) is 8.42 Å². The second-order valence-corrected chi connectivity index (χ2v) is 6.88. The molecule has 0 bridgehead atoms. The first-order valence-corrected chi connectivity index (χ1v) is 7.42. The molecule has 3 nitrogen and oxygen atoms in total. The second kappa shape index (κ2) is 4.19. The van der Waals surface area contributed by atoms with E-state index in [1.165, 1.54) is 12.8 Å². The monoisotopic (exact) mass is 217 g/mol. The average molecular weight is 217 g/mol. The van der Waals surface area contributed by atoms with Gasteiger partial charge in [0.1, 0.15) is 0 Å². The van der Waals surface area contributed by atoms with E-state index in [1.807, 2.05) is 0 Å². The van der Waals surface area contributed by atoms with Gasteiger partial charge in [-0.05, 0) is 44.6 Å². The molecule has 0 amide bonds. The second-order valence-electron chi connectivity index (χ2n) is 4.65. The minimum Gasteiger partial charge on any atom is -0.314 e. The number of hydrogen-bond donors (Lipinski definition) is 1. The Labute approximate surface area is 86.2 Å². The zero-order chi connectivity index (χ0) is 10.0. The van der Waals surface area contributed by atoms with Crippen LogP contribution in [0.15, 0.2) is 0 Å². The van der Waals surface area contributed by atoms with Crippen LogP contribution < -0.4 is 5.32 Å². The summed E-state index contributed by atoms with van der Waals surface area (Å²) in [6.45, 7) is 1.12. The van der Waals surface area contributed by atoms with Crippen LogP contribution in [-0.2, 0) is 9.84 Å². The van der Waals surface area contributed by atoms with Crippen molar-refractivity contribution in [3.63, 3.8) is 0 Å². The third-order valence-corrected chi connectivity index (χ3v) is 5.23. The molecule has 2 saturated heterocycles. The minimum absolute atomic E-state index is 0.418. The Morgan fingerprint density at radius 1 is 1.21 bits per heavy atom. The van der Waals surface area contributed by atoms with Crippen molar-refractivity contribution in [3.05, 3.63) is 0 Å². The first kappa shape index (κ1) is 10.4. The Morgan fingerprint density at radius 2 is 2.07 bits per heavy atom. The van der Waals surface area contributed by atoms with Crippen molar-refractivity contribution < 1.29 is 8.42 Å². The average Bonchev–Trinajstić information content (AvgIpc) is 2.54. The third-order valence-electron chi connectivity index (χ3n) is 3.34. The van der Waals surface area contributed by atoms with Gasteiger partial charge in [0, 0.05) is 6.04 Å². The van der Waals surface area contributed by atoms with E-state index in [0.717, 1.165) is 25.8 Å². The van der Waals surface area contributed by atoms with Gasteiger partial charge in [0.05, 0.1) is 11.5 Å². The standard InChI is InChI=1S/C10H19NO2S/c12-14(13)6-2-3-9(8-14)7-10-4-1-5-11-10/h9-11H,1-8H2. The SMILES string of the molecule is O=S1(=O)CCCC(CC2CCCN2)C1. The van der Waals surface area contributed by atoms with E-state index < -0.39 is 9.84 Å². The number of rotatable bonds is 2. The van der Waals surface area contributed by atoms with E-state index in [-0.39, 0.29) is 0 Å². The maximum absolute atomic E-state index is 11.4. The molecule has 14 heavy (non-hydrogen) atoms. The van der Waals surface area contributed by atoms with E-state index in [1.54, 1.807) is 0 Å². The fourth-order valence-electron chi connectivity index (χ4n) is 2.66. The van der Waals surface area contributed by atoms with Crippen molar-refractivity contribution in [1.82, 2.24) is 5.32 Å². The molecule has 82 valence electrons. The molecule has 1 N–H and O–H groups in total. The topological polar surface area (TPSA) is 46.2 Å². The molecule has 0 aromatic heterocycles. The van der Waals surface area contributed by atoms with Crippen LogP contribution in [0.2, 0.25) is 0 Å². The normalized spacial score (nSPS) is 37.1. The van der Waals surface area contributed by atoms with Crippen molar-refractivity contribution >= 4 is 9.84 Å². The molecule has 2 aliphatic heterocycles. The highest BCUT2D eigenvalue weighted by atomic mass is 32.2. The Hall–Kier alpha value is -0.0900. The molecule has 0 radical (unpaired) electrons. The summed E-state index contributed by atoms with van der Waals surface area (Å²) >= 11 is 0. The summed E-state index contributed by atoms with van der Waals surface area (Å²) in [4.78, 5) is 0. The lowest BCUT2D eigenvalue weighted by Gasteiger charge is -2.24. The molecule has 2 rings (SSSR count). The maximum Gasteiger partial charge on any atom is 0.150 e. The summed E-state index contributed by atoms with van der Waals surface area (Å²) in [6.07, 6.45) is 5.54. The Morgan fingerprint density at radius 3 is 2.71 bits per heavy atom. The smallest absolute Gasteiger partial charge is 0.150 e. The van der Waals surface area contributed by atoms with E-state index in [0.29, 0.717) is 23.5 Å². The highest BCUT2D eigenvalue weighted by Gasteiger charge is 2.27. The highest BCUT2D eigenvalue weighted by Crippen LogP contribution is 2.24. The molecule has 0 saturated carbocycles. The van der Waals surface area contributed by atoms with Gasteiger partial charge in [0.15, 0.2) is 9.84 Å². The van der Waals surface area contributed by atoms with Crippen LogP contribution in [0.5, 0.6) is 0 Å². The van der Waals surface area contributed by atoms with Gasteiger partial charge in [-0.15, -0.1) is 0 Å². The van der Waals surface area contributed by atoms with Gasteiger partial charge in [0.25, 0.3) is 0 Å². The fraction of sp³-hybridized carbons (Fsp3) is 1.00. The zero-order valence-electron chi connectivity index (χ0n) is 8.54. The summed E-state index contributed by atoms with van der Waals surface area (Å²) in [7, 11) is -2.70. The van der Waals surface area contributed by atoms with Gasteiger partial charge in [-0.2, -0.15) is 0 Å². The Balaban J connectivity index is 1.85. The van der Waals surface area contributed by atoms with Crippen molar-refractivity contribution in [2.24, 2.45) is 5.92 Å². The summed E-state index contributed by atoms with van der Waals surface area (Å²) in [5, 5.41) is 3.44. The Kier molecular flexibility index (Phi) is 3.12. The van der Waals surface area contributed by atoms with Gasteiger partial charge in [-0.3, -0.25) is 0 Å². The number of hydrogen-bond acceptors (Lipinski definition) is 3. The van der Waals surface area contributed by atoms with Crippen LogP contribution in [-0.4, -0.2) is 32.5 Å². The van der Waals surface area contributed by atoms with Gasteiger partial charge < -0.3 is 5.32 Å². The lowest BCUT2D eigenvalue weighted by Crippen LogP contribution is -2.31. The fourth-order valence-corrected chi connectivity index (χ4v) is 4.46. The number of sulfone groups is 1. The van der Waals surface area contributed by atoms with Gasteiger partial charge in [-0.25, -0.2) is 8.42 Å². The molecule has 2 aliphatic rings. The van der Waals surface area contributed by atoms with Crippen LogP contribution in [0.3, 0.4) is 0 Å². The quantitative estimate of drug-likeness (QED) is 0.749. The zero-order valence-corrected chi connectivity index (χ0v) is 9.35. The van der Waals surface area contributed by atoms with Crippen LogP contribution in [0.4, 0.5) is 0 Å². The molecule has 0 aromatic carbocycles. The minimum atomic E-state index is -2.70. The predicted molar refractivity (Wildman–Crippen MR) is 57.0 cm³/mol. The lowest BCUT2D eigenvalue weighted by molar-refractivity contribution is 0.400. The molecular weight excluding hydrogens is 198 g/mol. The van der Waals surface area contributed by atoms with Crippen LogP contribution >= 0.6 is 0 Å². The highest BCUT2D eigenvalue weighted by molar-refractivity contribution is 7.91. The summed E-state index contributed by atoms with van der Waals surface area (Å²) in [5.41, 5.74) is 0. The molecule has 2 unspecified atom stereocenters. The van der Waals surface area contributed by atoms with E-state index >= 15 is 0 Å². The maximum atomic E-state index is 11.4. The predicted octanol–water partition coefficient (Wildman–Crippen LogP) is 0.953. The van der Waals surface area contributed by atoms with Crippen molar-refractivity contribution in [2.75, 3.05) is 18.1 Å². The summed E-state index contributed by atoms with van der Waals surface area (Å²) < 4.78 is 22.8. The molecule has 4 heteroatoms. The van der Waals surface area contributed by atoms with Gasteiger partial charge in [0.2, 0.25) is 0 Å². The number of nitrogens with one attached hydrogen (secondary N) is 1. The third kappa shape index (κ3) is 2.70. The van der Waals surface area contributed by atoms with Crippen molar-refractivity contribution in [3.8, 4) is 0 Å². The van der Waals surface area contributed by atoms with Crippen molar-refractivity contribution in [2.45, 2.75) is 38.1 Å². The summed E-state index contributed by atoms with van der Waals surface area (Å²) in [5.74, 6) is 1.27. The molecular formula is C10H19NO2S. The first-order valence-electron chi connectivity index (χ1n) is 5.59. The molecule has 0 aromatic rings. The first-order chi connectivity index (χ1) is 6.66. The van der Waals surface area contributed by atoms with Crippen LogP contribution in [0, 0.1) is 5.92 Å². The van der Waals surface area contributed by atoms with E-state index in [2.05, 4.69) is 5.32 Å². The summed E-state index contributed by atoms with van der Waals surface area (Å²) in [6, 6.07) is 0.591.